The second kappa shape index (κ2) is 9.92. The molecule has 1 aromatic heterocycles. The van der Waals surface area contributed by atoms with E-state index in [4.69, 9.17) is 19.0 Å². The molecule has 2 heterocycles. The maximum absolute atomic E-state index is 13.1. The van der Waals surface area contributed by atoms with E-state index in [2.05, 4.69) is 4.74 Å². The van der Waals surface area contributed by atoms with Crippen molar-refractivity contribution in [1.29, 1.82) is 0 Å². The highest BCUT2D eigenvalue weighted by Crippen LogP contribution is 2.34. The molecule has 2 aromatic carbocycles. The zero-order valence-electron chi connectivity index (χ0n) is 18.5. The van der Waals surface area contributed by atoms with E-state index in [1.807, 2.05) is 12.1 Å². The van der Waals surface area contributed by atoms with Crippen molar-refractivity contribution in [2.45, 2.75) is 50.7 Å². The first-order valence-corrected chi connectivity index (χ1v) is 10.7. The van der Waals surface area contributed by atoms with Crippen LogP contribution in [-0.4, -0.2) is 68.4 Å². The van der Waals surface area contributed by atoms with Crippen LogP contribution in [0.15, 0.2) is 47.1 Å². The Morgan fingerprint density at radius 3 is 2.49 bits per heavy atom. The van der Waals surface area contributed by atoms with Gasteiger partial charge in [0.15, 0.2) is 5.78 Å². The summed E-state index contributed by atoms with van der Waals surface area (Å²) in [7, 11) is 0. The van der Waals surface area contributed by atoms with Crippen molar-refractivity contribution >= 4 is 22.9 Å². The van der Waals surface area contributed by atoms with Gasteiger partial charge in [-0.05, 0) is 54.8 Å². The molecule has 0 aliphatic carbocycles. The largest absolute Gasteiger partial charge is 0.508 e. The van der Waals surface area contributed by atoms with E-state index in [-0.39, 0.29) is 23.5 Å². The third kappa shape index (κ3) is 5.23. The number of fused-ring (bicyclic) bond motifs is 1. The monoisotopic (exact) mass is 488 g/mol. The first-order valence-electron chi connectivity index (χ1n) is 10.7. The topological polar surface area (TPSA) is 176 Å². The summed E-state index contributed by atoms with van der Waals surface area (Å²) in [6.07, 6.45) is -8.97. The Kier molecular flexibility index (Phi) is 6.94. The van der Waals surface area contributed by atoms with Crippen LogP contribution in [0.4, 0.5) is 4.79 Å². The van der Waals surface area contributed by atoms with Crippen LogP contribution in [0.3, 0.4) is 0 Å². The first-order chi connectivity index (χ1) is 16.6. The lowest BCUT2D eigenvalue weighted by Gasteiger charge is -2.39. The zero-order valence-corrected chi connectivity index (χ0v) is 18.5. The van der Waals surface area contributed by atoms with Gasteiger partial charge < -0.3 is 39.4 Å². The summed E-state index contributed by atoms with van der Waals surface area (Å²) in [5, 5.41) is 50.5. The number of benzene rings is 2. The van der Waals surface area contributed by atoms with Crippen LogP contribution in [0.25, 0.3) is 11.0 Å². The average molecular weight is 488 g/mol. The molecule has 1 aliphatic heterocycles. The number of ketones is 1. The van der Waals surface area contributed by atoms with E-state index in [1.54, 1.807) is 25.3 Å². The number of ether oxygens (including phenoxy) is 3. The van der Waals surface area contributed by atoms with E-state index in [0.717, 1.165) is 16.5 Å². The van der Waals surface area contributed by atoms with Crippen molar-refractivity contribution in [3.8, 4) is 11.5 Å². The number of carboxylic acid groups (broad SMARTS) is 1. The summed E-state index contributed by atoms with van der Waals surface area (Å²) < 4.78 is 20.5. The molecule has 0 radical (unpaired) electrons. The van der Waals surface area contributed by atoms with E-state index >= 15 is 0 Å². The number of phenolic OH excluding ortho intramolecular Hbond substituents is 1. The Bertz CT molecular complexity index is 1230. The smallest absolute Gasteiger partial charge is 0.507 e. The summed E-state index contributed by atoms with van der Waals surface area (Å²) in [5.74, 6) is -0.979. The Balaban J connectivity index is 1.55. The molecule has 0 unspecified atom stereocenters. The van der Waals surface area contributed by atoms with Crippen molar-refractivity contribution in [3.63, 3.8) is 0 Å². The predicted octanol–water partition coefficient (Wildman–Crippen LogP) is 2.10. The van der Waals surface area contributed by atoms with Crippen molar-refractivity contribution < 1.29 is 53.7 Å². The number of furan rings is 1. The first kappa shape index (κ1) is 24.5. The maximum atomic E-state index is 13.1. The molecule has 0 saturated carbocycles. The minimum atomic E-state index is -1.87. The zero-order chi connectivity index (χ0) is 25.3. The number of aliphatic hydroxyl groups excluding tert-OH is 3. The fourth-order valence-corrected chi connectivity index (χ4v) is 3.90. The fraction of sp³-hybridized carbons (Fsp3) is 0.333. The van der Waals surface area contributed by atoms with Gasteiger partial charge in [0, 0.05) is 11.8 Å². The van der Waals surface area contributed by atoms with E-state index in [9.17, 15) is 30.0 Å². The van der Waals surface area contributed by atoms with Gasteiger partial charge >= 0.3 is 6.16 Å². The number of aryl methyl sites for hydroxylation is 2. The lowest BCUT2D eigenvalue weighted by Crippen LogP contribution is -2.60. The van der Waals surface area contributed by atoms with Gasteiger partial charge in [0.25, 0.3) is 0 Å². The molecule has 0 spiro atoms. The molecular formula is C24H24O11. The Morgan fingerprint density at radius 2 is 1.74 bits per heavy atom. The molecule has 5 atom stereocenters. The number of carbonyl (C=O) groups excluding carboxylic acids is 1. The number of phenols is 1. The average Bonchev–Trinajstić information content (AvgIpc) is 3.26. The summed E-state index contributed by atoms with van der Waals surface area (Å²) in [6, 6.07) is 10.1. The molecule has 11 nitrogen and oxygen atoms in total. The molecule has 35 heavy (non-hydrogen) atoms. The maximum Gasteiger partial charge on any atom is 0.508 e. The Labute approximate surface area is 198 Å². The highest BCUT2D eigenvalue weighted by atomic mass is 16.8. The van der Waals surface area contributed by atoms with Gasteiger partial charge in [-0.15, -0.1) is 0 Å². The van der Waals surface area contributed by atoms with Crippen LogP contribution in [0, 0.1) is 6.92 Å². The summed E-state index contributed by atoms with van der Waals surface area (Å²) in [4.78, 5) is 23.9. The summed E-state index contributed by atoms with van der Waals surface area (Å²) in [6.45, 7) is 1.63. The molecule has 1 fully saturated rings. The minimum absolute atomic E-state index is 0.0104. The lowest BCUT2D eigenvalue weighted by atomic mass is 9.99. The second-order valence-electron chi connectivity index (χ2n) is 8.22. The molecule has 1 aliphatic rings. The van der Waals surface area contributed by atoms with Crippen molar-refractivity contribution in [2.24, 2.45) is 0 Å². The fourth-order valence-electron chi connectivity index (χ4n) is 3.90. The number of carbonyl (C=O) groups is 2. The Hall–Kier alpha value is -3.64. The normalized spacial score (nSPS) is 24.3. The van der Waals surface area contributed by atoms with Gasteiger partial charge in [-0.25, -0.2) is 4.79 Å². The number of Topliss-reactive ketones (excluding diaryl/α,β-unsaturated/α-hetero) is 1. The Morgan fingerprint density at radius 1 is 1.00 bits per heavy atom. The summed E-state index contributed by atoms with van der Waals surface area (Å²) in [5.41, 5.74) is 1.93. The summed E-state index contributed by atoms with van der Waals surface area (Å²) >= 11 is 0. The van der Waals surface area contributed by atoms with Crippen molar-refractivity contribution in [1.82, 2.24) is 0 Å². The molecule has 186 valence electrons. The van der Waals surface area contributed by atoms with E-state index in [0.29, 0.717) is 12.0 Å². The molecule has 4 rings (SSSR count). The number of rotatable bonds is 7. The van der Waals surface area contributed by atoms with Crippen LogP contribution in [0.2, 0.25) is 0 Å². The molecule has 11 heteroatoms. The van der Waals surface area contributed by atoms with Gasteiger partial charge in [-0.3, -0.25) is 9.53 Å². The van der Waals surface area contributed by atoms with Crippen LogP contribution in [0.5, 0.6) is 11.5 Å². The number of aliphatic hydroxyl groups is 3. The van der Waals surface area contributed by atoms with Gasteiger partial charge in [-0.2, -0.15) is 0 Å². The lowest BCUT2D eigenvalue weighted by molar-refractivity contribution is -0.321. The molecule has 1 saturated heterocycles. The molecule has 5 N–H and O–H groups in total. The third-order valence-electron chi connectivity index (χ3n) is 5.65. The number of aromatic hydroxyl groups is 1. The predicted molar refractivity (Wildman–Crippen MR) is 118 cm³/mol. The second-order valence-corrected chi connectivity index (χ2v) is 8.22. The van der Waals surface area contributed by atoms with Crippen molar-refractivity contribution in [3.05, 3.63) is 59.4 Å². The van der Waals surface area contributed by atoms with Gasteiger partial charge in [0.05, 0.1) is 6.26 Å². The highest BCUT2D eigenvalue weighted by Gasteiger charge is 2.47. The third-order valence-corrected chi connectivity index (χ3v) is 5.65. The molecular weight excluding hydrogens is 464 g/mol. The van der Waals surface area contributed by atoms with E-state index < -0.39 is 42.8 Å². The van der Waals surface area contributed by atoms with Crippen molar-refractivity contribution in [2.75, 3.05) is 0 Å². The van der Waals surface area contributed by atoms with Gasteiger partial charge in [0.1, 0.15) is 41.0 Å². The minimum Gasteiger partial charge on any atom is -0.507 e. The molecule has 0 bridgehead atoms. The highest BCUT2D eigenvalue weighted by molar-refractivity contribution is 6.01. The quantitative estimate of drug-likeness (QED) is 0.243. The number of hydrogen-bond acceptors (Lipinski definition) is 10. The molecule has 0 amide bonds. The molecule has 3 aromatic rings. The van der Waals surface area contributed by atoms with Crippen LogP contribution < -0.4 is 4.74 Å². The van der Waals surface area contributed by atoms with E-state index in [1.165, 1.54) is 12.1 Å². The van der Waals surface area contributed by atoms with Gasteiger partial charge in [-0.1, -0.05) is 6.07 Å². The van der Waals surface area contributed by atoms with Crippen LogP contribution in [-0.2, 0) is 15.9 Å². The van der Waals surface area contributed by atoms with Crippen LogP contribution in [0.1, 0.15) is 27.9 Å². The number of hydrogen-bond donors (Lipinski definition) is 5. The standard InChI is InChI=1S/C24H24O11/c1-11-8-15(26)18(14(25)4-2-12-3-5-16-13(10-12)6-7-32-16)17(9-11)33-22-20(28)19(27)21(29)23(34-22)35-24(30)31/h3,5-10,19-23,26-29H,2,4H2,1H3,(H,30,31)/t19-,20+,21-,22-,23+/m0/s1. The van der Waals surface area contributed by atoms with Crippen LogP contribution >= 0.6 is 0 Å². The SMILES string of the molecule is Cc1cc(O)c(C(=O)CCc2ccc3occc3c2)c(O[C@H]2O[C@H](OC(=O)O)[C@@H](O)[C@@H](O)[C@H]2O)c1. The van der Waals surface area contributed by atoms with Gasteiger partial charge in [0.2, 0.25) is 12.6 Å².